The Hall–Kier alpha value is -2.73. The van der Waals surface area contributed by atoms with Crippen LogP contribution < -0.4 is 19.1 Å². The number of benzene rings is 2. The number of carbonyl (C=O) groups excluding carboxylic acids is 1. The van der Waals surface area contributed by atoms with Crippen molar-refractivity contribution in [3.63, 3.8) is 0 Å². The van der Waals surface area contributed by atoms with Gasteiger partial charge in [-0.3, -0.25) is 4.79 Å². The lowest BCUT2D eigenvalue weighted by Gasteiger charge is -2.23. The first-order chi connectivity index (χ1) is 12.3. The molecule has 0 aliphatic carbocycles. The van der Waals surface area contributed by atoms with Crippen molar-refractivity contribution in [2.24, 2.45) is 0 Å². The second kappa shape index (κ2) is 5.13. The molecule has 0 saturated heterocycles. The third kappa shape index (κ3) is 1.80. The van der Waals surface area contributed by atoms with Crippen molar-refractivity contribution in [1.82, 2.24) is 0 Å². The van der Waals surface area contributed by atoms with Crippen LogP contribution in [-0.2, 0) is 10.2 Å². The van der Waals surface area contributed by atoms with Gasteiger partial charge in [-0.1, -0.05) is 18.2 Å². The van der Waals surface area contributed by atoms with E-state index in [1.54, 1.807) is 11.0 Å². The number of rotatable bonds is 3. The molecule has 2 aromatic carbocycles. The number of amides is 1. The molecule has 0 radical (unpaired) electrons. The Morgan fingerprint density at radius 2 is 1.84 bits per heavy atom. The molecule has 5 rings (SSSR count). The van der Waals surface area contributed by atoms with Crippen LogP contribution in [0, 0.1) is 0 Å². The van der Waals surface area contributed by atoms with E-state index >= 15 is 0 Å². The third-order valence-corrected chi connectivity index (χ3v) is 5.18. The summed E-state index contributed by atoms with van der Waals surface area (Å²) in [5.41, 5.74) is 1.79. The van der Waals surface area contributed by atoms with Gasteiger partial charge in [-0.25, -0.2) is 0 Å². The van der Waals surface area contributed by atoms with E-state index in [4.69, 9.17) is 14.2 Å². The predicted octanol–water partition coefficient (Wildman–Crippen LogP) is 1.82. The largest absolute Gasteiger partial charge is 0.491 e. The van der Waals surface area contributed by atoms with Crippen molar-refractivity contribution in [1.29, 1.82) is 0 Å². The van der Waals surface area contributed by atoms with Crippen LogP contribution in [-0.4, -0.2) is 37.6 Å². The average Bonchev–Trinajstić information content (AvgIpc) is 3.30. The second-order valence-electron chi connectivity index (χ2n) is 6.45. The number of hydrogen-bond donors (Lipinski definition) is 1. The van der Waals surface area contributed by atoms with E-state index in [1.807, 2.05) is 30.3 Å². The van der Waals surface area contributed by atoms with Gasteiger partial charge < -0.3 is 24.2 Å². The van der Waals surface area contributed by atoms with E-state index in [0.717, 1.165) is 16.8 Å². The van der Waals surface area contributed by atoms with Crippen molar-refractivity contribution in [3.05, 3.63) is 47.5 Å². The van der Waals surface area contributed by atoms with Crippen LogP contribution in [0.25, 0.3) is 0 Å². The van der Waals surface area contributed by atoms with E-state index < -0.39 is 5.41 Å². The van der Waals surface area contributed by atoms with Gasteiger partial charge in [0.05, 0.1) is 0 Å². The molecule has 1 amide bonds. The molecule has 1 atom stereocenters. The van der Waals surface area contributed by atoms with Gasteiger partial charge in [0.25, 0.3) is 0 Å². The zero-order valence-corrected chi connectivity index (χ0v) is 13.5. The number of hydrogen-bond acceptors (Lipinski definition) is 5. The molecule has 0 aromatic heterocycles. The number of nitrogens with zero attached hydrogens (tertiary/aromatic N) is 1. The monoisotopic (exact) mass is 339 g/mol. The van der Waals surface area contributed by atoms with E-state index in [1.165, 1.54) is 0 Å². The van der Waals surface area contributed by atoms with E-state index in [9.17, 15) is 9.90 Å². The highest BCUT2D eigenvalue weighted by atomic mass is 16.7. The molecule has 0 bridgehead atoms. The fourth-order valence-corrected chi connectivity index (χ4v) is 4.02. The first-order valence-corrected chi connectivity index (χ1v) is 8.35. The standard InChI is InChI=1S/C19H17NO5/c21-7-3-6-20-14-5-2-1-4-12(14)19(18(20)22)10-23-15-9-17-16(8-13(15)19)24-11-25-17/h1-2,4-5,8-9,21H,3,6-7,10-11H2. The normalized spacial score (nSPS) is 22.3. The van der Waals surface area contributed by atoms with Crippen LogP contribution in [0.2, 0.25) is 0 Å². The first kappa shape index (κ1) is 14.6. The average molecular weight is 339 g/mol. The fourth-order valence-electron chi connectivity index (χ4n) is 4.02. The SMILES string of the molecule is O=C1N(CCCO)c2ccccc2C12COc1cc3c(cc12)OCO3. The molecule has 1 spiro atoms. The first-order valence-electron chi connectivity index (χ1n) is 8.35. The molecular weight excluding hydrogens is 322 g/mol. The smallest absolute Gasteiger partial charge is 0.245 e. The van der Waals surface area contributed by atoms with Crippen LogP contribution >= 0.6 is 0 Å². The molecular formula is C19H17NO5. The van der Waals surface area contributed by atoms with Gasteiger partial charge in [-0.2, -0.15) is 0 Å². The highest BCUT2D eigenvalue weighted by Gasteiger charge is 2.57. The number of aliphatic hydroxyl groups excluding tert-OH is 1. The van der Waals surface area contributed by atoms with Gasteiger partial charge in [-0.05, 0) is 24.1 Å². The highest BCUT2D eigenvalue weighted by Crippen LogP contribution is 2.54. The maximum absolute atomic E-state index is 13.4. The molecule has 0 saturated carbocycles. The van der Waals surface area contributed by atoms with Crippen molar-refractivity contribution < 1.29 is 24.1 Å². The zero-order valence-electron chi connectivity index (χ0n) is 13.5. The maximum atomic E-state index is 13.4. The van der Waals surface area contributed by atoms with Gasteiger partial charge >= 0.3 is 0 Å². The number of aliphatic hydroxyl groups is 1. The lowest BCUT2D eigenvalue weighted by molar-refractivity contribution is -0.122. The Morgan fingerprint density at radius 1 is 1.04 bits per heavy atom. The number of carbonyl (C=O) groups is 1. The topological polar surface area (TPSA) is 68.2 Å². The van der Waals surface area contributed by atoms with E-state index in [0.29, 0.717) is 30.2 Å². The summed E-state index contributed by atoms with van der Waals surface area (Å²) in [5, 5.41) is 9.19. The van der Waals surface area contributed by atoms with Gasteiger partial charge in [0.1, 0.15) is 17.8 Å². The lowest BCUT2D eigenvalue weighted by Crippen LogP contribution is -2.43. The summed E-state index contributed by atoms with van der Waals surface area (Å²) in [6.45, 7) is 0.966. The number of para-hydroxylation sites is 1. The number of ether oxygens (including phenoxy) is 3. The molecule has 0 fully saturated rings. The molecule has 1 N–H and O–H groups in total. The molecule has 6 heteroatoms. The van der Waals surface area contributed by atoms with Crippen molar-refractivity contribution in [2.75, 3.05) is 31.5 Å². The Morgan fingerprint density at radius 3 is 2.68 bits per heavy atom. The van der Waals surface area contributed by atoms with Crippen LogP contribution in [0.5, 0.6) is 17.2 Å². The summed E-state index contributed by atoms with van der Waals surface area (Å²) in [6.07, 6.45) is 0.533. The van der Waals surface area contributed by atoms with Crippen LogP contribution in [0.15, 0.2) is 36.4 Å². The zero-order chi connectivity index (χ0) is 17.0. The van der Waals surface area contributed by atoms with Crippen molar-refractivity contribution in [2.45, 2.75) is 11.8 Å². The molecule has 128 valence electrons. The number of fused-ring (bicyclic) bond motifs is 5. The summed E-state index contributed by atoms with van der Waals surface area (Å²) in [7, 11) is 0. The van der Waals surface area contributed by atoms with Gasteiger partial charge in [0.2, 0.25) is 12.7 Å². The van der Waals surface area contributed by atoms with Crippen LogP contribution in [0.1, 0.15) is 17.5 Å². The van der Waals surface area contributed by atoms with Crippen molar-refractivity contribution >= 4 is 11.6 Å². The summed E-state index contributed by atoms with van der Waals surface area (Å²) >= 11 is 0. The minimum atomic E-state index is -0.859. The minimum absolute atomic E-state index is 0.0141. The van der Waals surface area contributed by atoms with Crippen LogP contribution in [0.3, 0.4) is 0 Å². The molecule has 3 aliphatic heterocycles. The molecule has 25 heavy (non-hydrogen) atoms. The third-order valence-electron chi connectivity index (χ3n) is 5.18. The summed E-state index contributed by atoms with van der Waals surface area (Å²) in [4.78, 5) is 15.2. The summed E-state index contributed by atoms with van der Waals surface area (Å²) in [6, 6.07) is 11.5. The van der Waals surface area contributed by atoms with Crippen molar-refractivity contribution in [3.8, 4) is 17.2 Å². The minimum Gasteiger partial charge on any atom is -0.491 e. The highest BCUT2D eigenvalue weighted by molar-refractivity contribution is 6.11. The van der Waals surface area contributed by atoms with Crippen LogP contribution in [0.4, 0.5) is 5.69 Å². The quantitative estimate of drug-likeness (QED) is 0.924. The Bertz CT molecular complexity index is 880. The fraction of sp³-hybridized carbons (Fsp3) is 0.316. The predicted molar refractivity (Wildman–Crippen MR) is 89.3 cm³/mol. The van der Waals surface area contributed by atoms with E-state index in [2.05, 4.69) is 0 Å². The Labute approximate surface area is 144 Å². The summed E-state index contributed by atoms with van der Waals surface area (Å²) < 4.78 is 16.8. The number of anilines is 1. The molecule has 6 nitrogen and oxygen atoms in total. The van der Waals surface area contributed by atoms with E-state index in [-0.39, 0.29) is 25.9 Å². The molecule has 3 heterocycles. The lowest BCUT2D eigenvalue weighted by atomic mass is 9.77. The summed E-state index contributed by atoms with van der Waals surface area (Å²) in [5.74, 6) is 1.94. The van der Waals surface area contributed by atoms with Gasteiger partial charge in [0, 0.05) is 30.5 Å². The maximum Gasteiger partial charge on any atom is 0.245 e. The Kier molecular flexibility index (Phi) is 3.00. The molecule has 1 unspecified atom stereocenters. The van der Waals surface area contributed by atoms with Gasteiger partial charge in [-0.15, -0.1) is 0 Å². The second-order valence-corrected chi connectivity index (χ2v) is 6.45. The molecule has 3 aliphatic rings. The molecule has 2 aromatic rings. The van der Waals surface area contributed by atoms with Gasteiger partial charge in [0.15, 0.2) is 11.5 Å². The Balaban J connectivity index is 1.69.